The number of aromatic amines is 1. The molecule has 192 valence electrons. The van der Waals surface area contributed by atoms with Crippen molar-refractivity contribution in [3.05, 3.63) is 69.9 Å². The number of anilines is 2. The quantitative estimate of drug-likeness (QED) is 0.500. The van der Waals surface area contributed by atoms with Gasteiger partial charge < -0.3 is 15.2 Å². The molecule has 0 unspecified atom stereocenters. The largest absolute Gasteiger partial charge is 0.369 e. The highest BCUT2D eigenvalue weighted by atomic mass is 19.1. The highest BCUT2D eigenvalue weighted by molar-refractivity contribution is 6.02. The van der Waals surface area contributed by atoms with Crippen LogP contribution < -0.4 is 15.8 Å². The molecule has 0 atom stereocenters. The standard InChI is InChI=1S/C29H32FN5O2/c30-22-16-26-25(27(17-22)33-28(36)21-4-1-2-5-21)18-23(32-29(26)37)6-3-11-34-12-14-35(15-13-34)24-9-7-20(19-31)8-10-24/h7-10,16-18,21H,1-6,11-15H2,(H,32,37)(H,33,36). The Morgan fingerprint density at radius 1 is 1.05 bits per heavy atom. The van der Waals surface area contributed by atoms with Gasteiger partial charge in [0.25, 0.3) is 5.56 Å². The van der Waals surface area contributed by atoms with Gasteiger partial charge >= 0.3 is 0 Å². The SMILES string of the molecule is N#Cc1ccc(N2CCN(CCCc3cc4c(NC(=O)C5CCCC5)cc(F)cc4c(=O)[nH]3)CC2)cc1. The summed E-state index contributed by atoms with van der Waals surface area (Å²) in [6, 6.07) is 14.3. The molecule has 1 aliphatic heterocycles. The van der Waals surface area contributed by atoms with E-state index in [0.29, 0.717) is 23.1 Å². The fourth-order valence-electron chi connectivity index (χ4n) is 5.52. The molecule has 2 fully saturated rings. The number of carbonyl (C=O) groups excluding carboxylic acids is 1. The third kappa shape index (κ3) is 5.83. The lowest BCUT2D eigenvalue weighted by molar-refractivity contribution is -0.119. The number of fused-ring (bicyclic) bond motifs is 1. The summed E-state index contributed by atoms with van der Waals surface area (Å²) < 4.78 is 14.3. The zero-order valence-corrected chi connectivity index (χ0v) is 20.9. The molecular weight excluding hydrogens is 469 g/mol. The zero-order valence-electron chi connectivity index (χ0n) is 20.9. The maximum atomic E-state index is 14.3. The minimum Gasteiger partial charge on any atom is -0.369 e. The number of halogens is 1. The number of pyridine rings is 1. The number of benzene rings is 2. The number of aromatic nitrogens is 1. The average molecular weight is 502 g/mol. The molecule has 5 rings (SSSR count). The zero-order chi connectivity index (χ0) is 25.8. The van der Waals surface area contributed by atoms with Crippen LogP contribution in [0.15, 0.2) is 47.3 Å². The first-order chi connectivity index (χ1) is 18.0. The van der Waals surface area contributed by atoms with E-state index in [1.54, 1.807) is 0 Å². The maximum absolute atomic E-state index is 14.3. The lowest BCUT2D eigenvalue weighted by Crippen LogP contribution is -2.46. The van der Waals surface area contributed by atoms with Crippen LogP contribution in [0.4, 0.5) is 15.8 Å². The molecule has 0 radical (unpaired) electrons. The minimum atomic E-state index is -0.535. The van der Waals surface area contributed by atoms with E-state index >= 15 is 0 Å². The number of aryl methyl sites for hydroxylation is 1. The van der Waals surface area contributed by atoms with Crippen molar-refractivity contribution in [3.63, 3.8) is 0 Å². The van der Waals surface area contributed by atoms with E-state index < -0.39 is 5.82 Å². The van der Waals surface area contributed by atoms with Crippen LogP contribution in [0.5, 0.6) is 0 Å². The fraction of sp³-hybridized carbons (Fsp3) is 0.414. The highest BCUT2D eigenvalue weighted by Gasteiger charge is 2.23. The minimum absolute atomic E-state index is 0.0443. The molecule has 2 N–H and O–H groups in total. The van der Waals surface area contributed by atoms with Gasteiger partial charge in [0.2, 0.25) is 5.91 Å². The molecule has 2 aromatic carbocycles. The van der Waals surface area contributed by atoms with Crippen LogP contribution in [0.1, 0.15) is 43.4 Å². The molecule has 3 aromatic rings. The van der Waals surface area contributed by atoms with Crippen LogP contribution in [-0.2, 0) is 11.2 Å². The number of nitrogens with zero attached hydrogens (tertiary/aromatic N) is 3. The Hall–Kier alpha value is -3.70. The second kappa shape index (κ2) is 11.1. The molecule has 2 aliphatic rings. The van der Waals surface area contributed by atoms with Crippen molar-refractivity contribution in [2.45, 2.75) is 38.5 Å². The van der Waals surface area contributed by atoms with Gasteiger partial charge in [0, 0.05) is 48.9 Å². The van der Waals surface area contributed by atoms with Crippen LogP contribution in [-0.4, -0.2) is 48.5 Å². The molecule has 1 saturated carbocycles. The maximum Gasteiger partial charge on any atom is 0.256 e. The molecule has 1 aromatic heterocycles. The number of amides is 1. The summed E-state index contributed by atoms with van der Waals surface area (Å²) in [5, 5.41) is 12.7. The molecule has 1 amide bonds. The number of nitriles is 1. The van der Waals surface area contributed by atoms with Gasteiger partial charge in [-0.2, -0.15) is 5.26 Å². The Bertz CT molecular complexity index is 1360. The van der Waals surface area contributed by atoms with Crippen molar-refractivity contribution in [2.24, 2.45) is 5.92 Å². The molecule has 0 spiro atoms. The molecule has 1 saturated heterocycles. The van der Waals surface area contributed by atoms with Crippen molar-refractivity contribution >= 4 is 28.1 Å². The number of H-pyrrole nitrogens is 1. The van der Waals surface area contributed by atoms with Crippen LogP contribution in [0.25, 0.3) is 10.8 Å². The number of rotatable bonds is 7. The Kier molecular flexibility index (Phi) is 7.52. The van der Waals surface area contributed by atoms with Gasteiger partial charge in [-0.1, -0.05) is 12.8 Å². The van der Waals surface area contributed by atoms with Crippen molar-refractivity contribution in [1.29, 1.82) is 5.26 Å². The number of hydrogen-bond acceptors (Lipinski definition) is 5. The van der Waals surface area contributed by atoms with Gasteiger partial charge in [0.05, 0.1) is 22.7 Å². The predicted molar refractivity (Wildman–Crippen MR) is 143 cm³/mol. The van der Waals surface area contributed by atoms with Crippen molar-refractivity contribution in [2.75, 3.05) is 42.9 Å². The lowest BCUT2D eigenvalue weighted by atomic mass is 10.0. The number of nitrogens with one attached hydrogen (secondary N) is 2. The Morgan fingerprint density at radius 3 is 2.49 bits per heavy atom. The topological polar surface area (TPSA) is 92.2 Å². The predicted octanol–water partition coefficient (Wildman–Crippen LogP) is 4.42. The molecule has 0 bridgehead atoms. The number of piperazine rings is 1. The van der Waals surface area contributed by atoms with Gasteiger partial charge in [0.1, 0.15) is 5.82 Å². The summed E-state index contributed by atoms with van der Waals surface area (Å²) in [5.41, 5.74) is 2.64. The van der Waals surface area contributed by atoms with Gasteiger partial charge in [-0.15, -0.1) is 0 Å². The molecular formula is C29H32FN5O2. The van der Waals surface area contributed by atoms with Gasteiger partial charge in [0.15, 0.2) is 0 Å². The Labute approximate surface area is 215 Å². The summed E-state index contributed by atoms with van der Waals surface area (Å²) in [6.07, 6.45) is 5.35. The van der Waals surface area contributed by atoms with E-state index in [-0.39, 0.29) is 22.8 Å². The highest BCUT2D eigenvalue weighted by Crippen LogP contribution is 2.29. The van der Waals surface area contributed by atoms with E-state index in [1.165, 1.54) is 12.1 Å². The summed E-state index contributed by atoms with van der Waals surface area (Å²) >= 11 is 0. The molecule has 37 heavy (non-hydrogen) atoms. The monoisotopic (exact) mass is 501 g/mol. The normalized spacial score (nSPS) is 16.7. The molecule has 7 nitrogen and oxygen atoms in total. The van der Waals surface area contributed by atoms with E-state index in [0.717, 1.165) is 76.2 Å². The van der Waals surface area contributed by atoms with Crippen LogP contribution in [0.3, 0.4) is 0 Å². The van der Waals surface area contributed by atoms with Gasteiger partial charge in [-0.05, 0) is 74.7 Å². The fourth-order valence-corrected chi connectivity index (χ4v) is 5.52. The average Bonchev–Trinajstić information content (AvgIpc) is 3.45. The number of carbonyl (C=O) groups is 1. The second-order valence-electron chi connectivity index (χ2n) is 10.1. The van der Waals surface area contributed by atoms with E-state index in [4.69, 9.17) is 5.26 Å². The second-order valence-corrected chi connectivity index (χ2v) is 10.1. The number of hydrogen-bond donors (Lipinski definition) is 2. The van der Waals surface area contributed by atoms with Crippen molar-refractivity contribution < 1.29 is 9.18 Å². The summed E-state index contributed by atoms with van der Waals surface area (Å²) in [5.74, 6) is -0.670. The van der Waals surface area contributed by atoms with Crippen LogP contribution in [0.2, 0.25) is 0 Å². The van der Waals surface area contributed by atoms with E-state index in [9.17, 15) is 14.0 Å². The summed E-state index contributed by atoms with van der Waals surface area (Å²) in [6.45, 7) is 4.66. The first-order valence-electron chi connectivity index (χ1n) is 13.1. The molecule has 8 heteroatoms. The van der Waals surface area contributed by atoms with E-state index in [2.05, 4.69) is 26.2 Å². The van der Waals surface area contributed by atoms with Crippen molar-refractivity contribution in [3.8, 4) is 6.07 Å². The Balaban J connectivity index is 1.20. The third-order valence-corrected chi connectivity index (χ3v) is 7.62. The first-order valence-corrected chi connectivity index (χ1v) is 13.1. The van der Waals surface area contributed by atoms with E-state index in [1.807, 2.05) is 30.3 Å². The van der Waals surface area contributed by atoms with Crippen LogP contribution in [0, 0.1) is 23.1 Å². The smallest absolute Gasteiger partial charge is 0.256 e. The first kappa shape index (κ1) is 25.0. The van der Waals surface area contributed by atoms with Gasteiger partial charge in [-0.25, -0.2) is 4.39 Å². The summed E-state index contributed by atoms with van der Waals surface area (Å²) in [7, 11) is 0. The molecule has 1 aliphatic carbocycles. The van der Waals surface area contributed by atoms with Gasteiger partial charge in [-0.3, -0.25) is 14.5 Å². The van der Waals surface area contributed by atoms with Crippen LogP contribution >= 0.6 is 0 Å². The molecule has 2 heterocycles. The van der Waals surface area contributed by atoms with Crippen molar-refractivity contribution in [1.82, 2.24) is 9.88 Å². The third-order valence-electron chi connectivity index (χ3n) is 7.62. The summed E-state index contributed by atoms with van der Waals surface area (Å²) in [4.78, 5) is 33.1. The lowest BCUT2D eigenvalue weighted by Gasteiger charge is -2.36. The Morgan fingerprint density at radius 2 is 1.78 bits per heavy atom.